The minimum Gasteiger partial charge on any atom is -0.481 e. The van der Waals surface area contributed by atoms with Crippen molar-refractivity contribution in [1.29, 1.82) is 0 Å². The molecule has 2 unspecified atom stereocenters. The number of nitrogens with zero attached hydrogens (tertiary/aromatic N) is 1. The lowest BCUT2D eigenvalue weighted by Gasteiger charge is -2.47. The van der Waals surface area contributed by atoms with E-state index in [0.717, 1.165) is 10.5 Å². The highest BCUT2D eigenvalue weighted by molar-refractivity contribution is 5.78. The molecule has 25 heavy (non-hydrogen) atoms. The van der Waals surface area contributed by atoms with Gasteiger partial charge < -0.3 is 14.7 Å². The number of rotatable bonds is 3. The Labute approximate surface area is 144 Å². The molecule has 1 amide bonds. The molecular weight excluding hydrogens is 332 g/mol. The van der Waals surface area contributed by atoms with Gasteiger partial charge in [-0.3, -0.25) is 4.79 Å². The lowest BCUT2D eigenvalue weighted by Crippen LogP contribution is -2.64. The summed E-state index contributed by atoms with van der Waals surface area (Å²) >= 11 is 0. The van der Waals surface area contributed by atoms with Gasteiger partial charge in [0.25, 0.3) is 5.92 Å². The van der Waals surface area contributed by atoms with Crippen LogP contribution in [0.25, 0.3) is 0 Å². The number of halogens is 2. The Morgan fingerprint density at radius 3 is 2.64 bits per heavy atom. The fraction of sp³-hybridized carbons (Fsp3) is 0.556. The molecule has 0 aromatic heterocycles. The third kappa shape index (κ3) is 3.07. The minimum absolute atomic E-state index is 0.0251. The first-order chi connectivity index (χ1) is 11.9. The Balaban J connectivity index is 1.77. The summed E-state index contributed by atoms with van der Waals surface area (Å²) in [6.45, 7) is -0.660. The Bertz CT molecular complexity index is 652. The first-order valence-corrected chi connectivity index (χ1v) is 8.44. The molecule has 1 aliphatic heterocycles. The van der Waals surface area contributed by atoms with Gasteiger partial charge in [0, 0.05) is 19.0 Å². The highest BCUT2D eigenvalue weighted by atomic mass is 19.3. The maximum Gasteiger partial charge on any atom is 0.410 e. The average Bonchev–Trinajstić information content (AvgIpc) is 2.66. The molecule has 3 rings (SSSR count). The number of aliphatic carboxylic acids is 1. The monoisotopic (exact) mass is 353 g/mol. The van der Waals surface area contributed by atoms with Crippen molar-refractivity contribution in [2.45, 2.75) is 38.2 Å². The summed E-state index contributed by atoms with van der Waals surface area (Å²) in [6.07, 6.45) is 0.309. The molecule has 7 heteroatoms. The van der Waals surface area contributed by atoms with Crippen LogP contribution in [-0.4, -0.2) is 41.1 Å². The molecule has 0 radical (unpaired) electrons. The lowest BCUT2D eigenvalue weighted by atomic mass is 9.70. The van der Waals surface area contributed by atoms with Crippen molar-refractivity contribution in [3.8, 4) is 0 Å². The molecule has 1 aliphatic carbocycles. The van der Waals surface area contributed by atoms with E-state index in [9.17, 15) is 23.5 Å². The van der Waals surface area contributed by atoms with E-state index in [2.05, 4.69) is 0 Å². The fourth-order valence-electron chi connectivity index (χ4n) is 3.87. The van der Waals surface area contributed by atoms with E-state index in [1.165, 1.54) is 0 Å². The molecular formula is C18H21F2NO4. The molecule has 1 saturated carbocycles. The number of likely N-dealkylation sites (tertiary alicyclic amines) is 1. The summed E-state index contributed by atoms with van der Waals surface area (Å²) in [4.78, 5) is 25.2. The third-order valence-corrected chi connectivity index (χ3v) is 5.33. The summed E-state index contributed by atoms with van der Waals surface area (Å²) in [5.41, 5.74) is -1.44. The van der Waals surface area contributed by atoms with Crippen LogP contribution in [-0.2, 0) is 16.1 Å². The number of hydrogen-bond acceptors (Lipinski definition) is 3. The van der Waals surface area contributed by atoms with Crippen LogP contribution in [0.4, 0.5) is 13.6 Å². The van der Waals surface area contributed by atoms with Gasteiger partial charge in [0.1, 0.15) is 12.0 Å². The molecule has 1 saturated heterocycles. The molecule has 2 bridgehead atoms. The largest absolute Gasteiger partial charge is 0.481 e. The van der Waals surface area contributed by atoms with Gasteiger partial charge in [-0.1, -0.05) is 43.2 Å². The SMILES string of the molecule is O=C(OCc1ccccc1)N1CC2CCCCC(C(=O)O)(C1)C2(F)F. The highest BCUT2D eigenvalue weighted by Gasteiger charge is 2.67. The molecule has 0 spiro atoms. The van der Waals surface area contributed by atoms with E-state index in [1.807, 2.05) is 6.07 Å². The predicted molar refractivity (Wildman–Crippen MR) is 85.2 cm³/mol. The van der Waals surface area contributed by atoms with E-state index in [0.29, 0.717) is 12.8 Å². The van der Waals surface area contributed by atoms with E-state index in [1.54, 1.807) is 24.3 Å². The number of carboxylic acids is 1. The first-order valence-electron chi connectivity index (χ1n) is 8.44. The second kappa shape index (κ2) is 6.61. The van der Waals surface area contributed by atoms with Crippen molar-refractivity contribution in [2.24, 2.45) is 11.3 Å². The van der Waals surface area contributed by atoms with Gasteiger partial charge in [0.05, 0.1) is 0 Å². The molecule has 1 N–H and O–H groups in total. The number of carbonyl (C=O) groups is 2. The Hall–Kier alpha value is -2.18. The van der Waals surface area contributed by atoms with Crippen LogP contribution in [0.2, 0.25) is 0 Å². The molecule has 2 aliphatic rings. The number of carbonyl (C=O) groups excluding carboxylic acids is 1. The average molecular weight is 353 g/mol. The molecule has 1 aromatic carbocycles. The van der Waals surface area contributed by atoms with Gasteiger partial charge >= 0.3 is 12.1 Å². The fourth-order valence-corrected chi connectivity index (χ4v) is 3.87. The number of benzene rings is 1. The van der Waals surface area contributed by atoms with Crippen LogP contribution in [0.5, 0.6) is 0 Å². The Morgan fingerprint density at radius 2 is 1.96 bits per heavy atom. The summed E-state index contributed by atoms with van der Waals surface area (Å²) in [5.74, 6) is -6.01. The molecule has 2 atom stereocenters. The smallest absolute Gasteiger partial charge is 0.410 e. The van der Waals surface area contributed by atoms with E-state index < -0.39 is 35.9 Å². The summed E-state index contributed by atoms with van der Waals surface area (Å²) < 4.78 is 34.8. The van der Waals surface area contributed by atoms with Crippen molar-refractivity contribution in [1.82, 2.24) is 4.90 Å². The van der Waals surface area contributed by atoms with Gasteiger partial charge in [0.15, 0.2) is 0 Å². The minimum atomic E-state index is -3.33. The second-order valence-corrected chi connectivity index (χ2v) is 6.87. The van der Waals surface area contributed by atoms with Crippen LogP contribution < -0.4 is 0 Å². The zero-order valence-corrected chi connectivity index (χ0v) is 13.8. The number of ether oxygens (including phenoxy) is 1. The van der Waals surface area contributed by atoms with Crippen LogP contribution in [0.1, 0.15) is 31.2 Å². The Kier molecular flexibility index (Phi) is 4.67. The van der Waals surface area contributed by atoms with Crippen molar-refractivity contribution in [3.63, 3.8) is 0 Å². The number of alkyl halides is 2. The predicted octanol–water partition coefficient (Wildman–Crippen LogP) is 3.54. The Morgan fingerprint density at radius 1 is 1.24 bits per heavy atom. The maximum absolute atomic E-state index is 14.8. The van der Waals surface area contributed by atoms with Crippen LogP contribution in [0.15, 0.2) is 30.3 Å². The van der Waals surface area contributed by atoms with E-state index >= 15 is 0 Å². The van der Waals surface area contributed by atoms with Gasteiger partial charge in [-0.05, 0) is 18.4 Å². The zero-order valence-electron chi connectivity index (χ0n) is 13.8. The summed E-state index contributed by atoms with van der Waals surface area (Å²) in [7, 11) is 0. The first kappa shape index (κ1) is 17.6. The molecule has 1 aromatic rings. The molecule has 2 fully saturated rings. The van der Waals surface area contributed by atoms with Crippen molar-refractivity contribution in [2.75, 3.05) is 13.1 Å². The van der Waals surface area contributed by atoms with Gasteiger partial charge in [-0.2, -0.15) is 0 Å². The lowest BCUT2D eigenvalue weighted by molar-refractivity contribution is -0.214. The van der Waals surface area contributed by atoms with E-state index in [4.69, 9.17) is 4.74 Å². The standard InChI is InChI=1S/C18H21F2NO4/c19-18(20)14-8-4-5-9-17(18,15(22)23)12-21(10-14)16(24)25-11-13-6-2-1-3-7-13/h1-3,6-7,14H,4-5,8-12H2,(H,22,23). The van der Waals surface area contributed by atoms with Crippen LogP contribution in [0, 0.1) is 11.3 Å². The maximum atomic E-state index is 14.8. The quantitative estimate of drug-likeness (QED) is 0.903. The highest BCUT2D eigenvalue weighted by Crippen LogP contribution is 2.53. The number of hydrogen-bond donors (Lipinski definition) is 1. The number of amides is 1. The second-order valence-electron chi connectivity index (χ2n) is 6.87. The van der Waals surface area contributed by atoms with Crippen molar-refractivity contribution in [3.05, 3.63) is 35.9 Å². The van der Waals surface area contributed by atoms with E-state index in [-0.39, 0.29) is 26.0 Å². The summed E-state index contributed by atoms with van der Waals surface area (Å²) in [5, 5.41) is 9.55. The topological polar surface area (TPSA) is 66.8 Å². The van der Waals surface area contributed by atoms with Gasteiger partial charge in [0.2, 0.25) is 0 Å². The van der Waals surface area contributed by atoms with Crippen LogP contribution in [0.3, 0.4) is 0 Å². The molecule has 1 heterocycles. The van der Waals surface area contributed by atoms with Crippen molar-refractivity contribution < 1.29 is 28.2 Å². The van der Waals surface area contributed by atoms with Gasteiger partial charge in [-0.15, -0.1) is 0 Å². The normalized spacial score (nSPS) is 28.1. The summed E-state index contributed by atoms with van der Waals surface area (Å²) in [6, 6.07) is 9.02. The number of carboxylic acid groups (broad SMARTS) is 1. The van der Waals surface area contributed by atoms with Gasteiger partial charge in [-0.25, -0.2) is 13.6 Å². The van der Waals surface area contributed by atoms with Crippen molar-refractivity contribution >= 4 is 12.1 Å². The zero-order chi connectivity index (χ0) is 18.1. The third-order valence-electron chi connectivity index (χ3n) is 5.33. The molecule has 5 nitrogen and oxygen atoms in total. The number of fused-ring (bicyclic) bond motifs is 2. The molecule has 136 valence electrons. The number of piperidine rings is 1. The van der Waals surface area contributed by atoms with Crippen LogP contribution >= 0.6 is 0 Å².